The molecule has 0 aromatic heterocycles. The third kappa shape index (κ3) is 4.56. The van der Waals surface area contributed by atoms with Crippen molar-refractivity contribution < 1.29 is 44.3 Å². The van der Waals surface area contributed by atoms with Crippen molar-refractivity contribution in [3.8, 4) is 0 Å². The summed E-state index contributed by atoms with van der Waals surface area (Å²) in [5, 5.41) is 16.3. The number of piperazine rings is 1. The van der Waals surface area contributed by atoms with Crippen LogP contribution >= 0.6 is 0 Å². The summed E-state index contributed by atoms with van der Waals surface area (Å²) < 4.78 is 0. The predicted molar refractivity (Wildman–Crippen MR) is 108 cm³/mol. The van der Waals surface area contributed by atoms with Gasteiger partial charge in [-0.15, -0.1) is 0 Å². The number of carbonyl (C=O) groups is 2. The molecule has 0 radical (unpaired) electrons. The van der Waals surface area contributed by atoms with Gasteiger partial charge in [0, 0.05) is 42.8 Å². The van der Waals surface area contributed by atoms with Crippen molar-refractivity contribution in [3.05, 3.63) is 72.3 Å². The van der Waals surface area contributed by atoms with Gasteiger partial charge >= 0.3 is 35.6 Å². The van der Waals surface area contributed by atoms with Crippen molar-refractivity contribution >= 4 is 34.1 Å². The fourth-order valence-electron chi connectivity index (χ4n) is 3.60. The van der Waals surface area contributed by atoms with Crippen LogP contribution in [0.4, 0.5) is 16.2 Å². The topological polar surface area (TPSA) is 75.7 Å². The van der Waals surface area contributed by atoms with E-state index < -0.39 is 5.97 Å². The van der Waals surface area contributed by atoms with Gasteiger partial charge in [-0.05, 0) is 17.5 Å². The summed E-state index contributed by atoms with van der Waals surface area (Å²) >= 11 is 0. The Balaban J connectivity index is 0.00000240. The molecule has 3 aromatic rings. The maximum atomic E-state index is 12.6. The number of rotatable bonds is 3. The van der Waals surface area contributed by atoms with E-state index in [0.29, 0.717) is 26.2 Å². The standard InChI is InChI=1S/C22H21N3O3.Na/c26-21(27)18-9-3-4-10-19(18)23-22(28)25-14-12-24(13-15-25)20-11-5-7-16-6-1-2-8-17(16)20;/h1-11H,12-15H2,(H,23,28)(H,26,27);/q;+1/p-1. The van der Waals surface area contributed by atoms with Gasteiger partial charge in [-0.25, -0.2) is 4.79 Å². The van der Waals surface area contributed by atoms with Gasteiger partial charge in [0.25, 0.3) is 0 Å². The maximum absolute atomic E-state index is 12.6. The molecule has 7 heteroatoms. The van der Waals surface area contributed by atoms with E-state index in [9.17, 15) is 14.7 Å². The molecule has 29 heavy (non-hydrogen) atoms. The van der Waals surface area contributed by atoms with E-state index in [1.54, 1.807) is 23.1 Å². The van der Waals surface area contributed by atoms with Crippen LogP contribution in [0, 0.1) is 0 Å². The summed E-state index contributed by atoms with van der Waals surface area (Å²) in [6, 6.07) is 20.5. The smallest absolute Gasteiger partial charge is 0.545 e. The summed E-state index contributed by atoms with van der Waals surface area (Å²) in [5.41, 5.74) is 1.40. The van der Waals surface area contributed by atoms with Crippen LogP contribution in [0.5, 0.6) is 0 Å². The molecule has 1 heterocycles. The van der Waals surface area contributed by atoms with Crippen LogP contribution in [0.2, 0.25) is 0 Å². The number of aromatic carboxylic acids is 1. The van der Waals surface area contributed by atoms with Gasteiger partial charge < -0.3 is 25.0 Å². The van der Waals surface area contributed by atoms with Crippen molar-refractivity contribution in [1.82, 2.24) is 4.90 Å². The zero-order valence-corrected chi connectivity index (χ0v) is 18.3. The molecule has 1 saturated heterocycles. The molecule has 0 saturated carbocycles. The number of benzene rings is 3. The first-order valence-electron chi connectivity index (χ1n) is 9.22. The molecule has 0 spiro atoms. The Bertz CT molecular complexity index is 1030. The van der Waals surface area contributed by atoms with E-state index in [4.69, 9.17) is 0 Å². The molecule has 0 bridgehead atoms. The third-order valence-corrected chi connectivity index (χ3v) is 5.06. The van der Waals surface area contributed by atoms with Crippen molar-refractivity contribution in [2.24, 2.45) is 0 Å². The first-order chi connectivity index (χ1) is 13.6. The predicted octanol–water partition coefficient (Wildman–Crippen LogP) is -0.439. The Kier molecular flexibility index (Phi) is 6.79. The number of fused-ring (bicyclic) bond motifs is 1. The fourth-order valence-corrected chi connectivity index (χ4v) is 3.60. The average molecular weight is 397 g/mol. The summed E-state index contributed by atoms with van der Waals surface area (Å²) in [4.78, 5) is 27.8. The number of hydrogen-bond donors (Lipinski definition) is 1. The quantitative estimate of drug-likeness (QED) is 0.608. The van der Waals surface area contributed by atoms with Crippen LogP contribution in [0.1, 0.15) is 10.4 Å². The van der Waals surface area contributed by atoms with E-state index in [2.05, 4.69) is 34.5 Å². The second-order valence-electron chi connectivity index (χ2n) is 6.74. The third-order valence-electron chi connectivity index (χ3n) is 5.06. The SMILES string of the molecule is O=C([O-])c1ccccc1NC(=O)N1CCN(c2cccc3ccccc23)CC1.[Na+]. The van der Waals surface area contributed by atoms with Gasteiger partial charge in [0.2, 0.25) is 0 Å². The summed E-state index contributed by atoms with van der Waals surface area (Å²) in [5.74, 6) is -1.31. The molecule has 1 aliphatic rings. The number of para-hydroxylation sites is 1. The molecule has 6 nitrogen and oxygen atoms in total. The van der Waals surface area contributed by atoms with Gasteiger partial charge in [-0.3, -0.25) is 0 Å². The van der Waals surface area contributed by atoms with E-state index in [1.807, 2.05) is 18.2 Å². The summed E-state index contributed by atoms with van der Waals surface area (Å²) in [6.45, 7) is 2.54. The summed E-state index contributed by atoms with van der Waals surface area (Å²) in [6.07, 6.45) is 0. The largest absolute Gasteiger partial charge is 1.00 e. The number of nitrogens with zero attached hydrogens (tertiary/aromatic N) is 2. The van der Waals surface area contributed by atoms with Crippen molar-refractivity contribution in [1.29, 1.82) is 0 Å². The molecule has 0 aliphatic carbocycles. The number of amides is 2. The van der Waals surface area contributed by atoms with E-state index >= 15 is 0 Å². The summed E-state index contributed by atoms with van der Waals surface area (Å²) in [7, 11) is 0. The number of anilines is 2. The Morgan fingerprint density at radius 3 is 2.24 bits per heavy atom. The van der Waals surface area contributed by atoms with E-state index in [1.165, 1.54) is 22.5 Å². The maximum Gasteiger partial charge on any atom is 1.00 e. The minimum atomic E-state index is -1.31. The molecule has 3 aromatic carbocycles. The van der Waals surface area contributed by atoms with Crippen LogP contribution in [0.25, 0.3) is 10.8 Å². The molecule has 1 fully saturated rings. The zero-order valence-electron chi connectivity index (χ0n) is 16.3. The average Bonchev–Trinajstić information content (AvgIpc) is 2.73. The van der Waals surface area contributed by atoms with Crippen LogP contribution < -0.4 is 44.9 Å². The van der Waals surface area contributed by atoms with Crippen LogP contribution in [-0.4, -0.2) is 43.1 Å². The molecule has 1 N–H and O–H groups in total. The second kappa shape index (κ2) is 9.31. The molecular weight excluding hydrogens is 377 g/mol. The number of urea groups is 1. The van der Waals surface area contributed by atoms with E-state index in [-0.39, 0.29) is 46.8 Å². The van der Waals surface area contributed by atoms with Crippen LogP contribution in [0.3, 0.4) is 0 Å². The van der Waals surface area contributed by atoms with Gasteiger partial charge in [-0.2, -0.15) is 0 Å². The minimum absolute atomic E-state index is 0. The fraction of sp³-hybridized carbons (Fsp3) is 0.182. The minimum Gasteiger partial charge on any atom is -0.545 e. The molecule has 0 atom stereocenters. The monoisotopic (exact) mass is 397 g/mol. The van der Waals surface area contributed by atoms with Gasteiger partial charge in [0.1, 0.15) is 0 Å². The van der Waals surface area contributed by atoms with Crippen LogP contribution in [0.15, 0.2) is 66.7 Å². The molecule has 142 valence electrons. The van der Waals surface area contributed by atoms with Crippen molar-refractivity contribution in [2.45, 2.75) is 0 Å². The van der Waals surface area contributed by atoms with Crippen molar-refractivity contribution in [3.63, 3.8) is 0 Å². The Labute approximate surface area is 191 Å². The Hall–Kier alpha value is -2.54. The van der Waals surface area contributed by atoms with Crippen molar-refractivity contribution in [2.75, 3.05) is 36.4 Å². The first kappa shape index (κ1) is 21.2. The van der Waals surface area contributed by atoms with Crippen LogP contribution in [-0.2, 0) is 0 Å². The molecule has 4 rings (SSSR count). The Morgan fingerprint density at radius 1 is 0.828 bits per heavy atom. The normalized spacial score (nSPS) is 13.7. The zero-order chi connectivity index (χ0) is 19.5. The van der Waals surface area contributed by atoms with E-state index in [0.717, 1.165) is 0 Å². The first-order valence-corrected chi connectivity index (χ1v) is 9.22. The number of carboxylic acids is 1. The van der Waals surface area contributed by atoms with Gasteiger partial charge in [0.15, 0.2) is 0 Å². The molecule has 2 amide bonds. The number of carbonyl (C=O) groups excluding carboxylic acids is 2. The molecule has 1 aliphatic heterocycles. The molecular formula is C22H20N3NaO3. The molecule has 0 unspecified atom stereocenters. The second-order valence-corrected chi connectivity index (χ2v) is 6.74. The van der Waals surface area contributed by atoms with Gasteiger partial charge in [-0.1, -0.05) is 54.6 Å². The Morgan fingerprint density at radius 2 is 1.48 bits per heavy atom. The van der Waals surface area contributed by atoms with Gasteiger partial charge in [0.05, 0.1) is 11.7 Å². The number of hydrogen-bond acceptors (Lipinski definition) is 4. The number of nitrogens with one attached hydrogen (secondary N) is 1. The number of carboxylic acid groups (broad SMARTS) is 1.